The molecule has 1 aliphatic rings. The van der Waals surface area contributed by atoms with Crippen LogP contribution in [0.25, 0.3) is 0 Å². The summed E-state index contributed by atoms with van der Waals surface area (Å²) in [5.74, 6) is -1.35. The van der Waals surface area contributed by atoms with E-state index in [1.165, 1.54) is 6.07 Å². The van der Waals surface area contributed by atoms with Crippen LogP contribution in [0.1, 0.15) is 13.8 Å². The molecule has 2 N–H and O–H groups in total. The van der Waals surface area contributed by atoms with Crippen molar-refractivity contribution < 1.29 is 8.78 Å². The lowest BCUT2D eigenvalue weighted by atomic mass is 10.1. The summed E-state index contributed by atoms with van der Waals surface area (Å²) in [5.41, 5.74) is 6.21. The SMILES string of the molecule is CC1CN(c2cc(F)c(Br)c(F)c2N)CC(C)N1C. The van der Waals surface area contributed by atoms with Gasteiger partial charge in [0.2, 0.25) is 0 Å². The van der Waals surface area contributed by atoms with Crippen LogP contribution in [-0.4, -0.2) is 37.1 Å². The Kier molecular flexibility index (Phi) is 4.01. The van der Waals surface area contributed by atoms with Gasteiger partial charge in [0.1, 0.15) is 5.82 Å². The van der Waals surface area contributed by atoms with Crippen LogP contribution in [0.4, 0.5) is 20.2 Å². The fourth-order valence-corrected chi connectivity index (χ4v) is 2.79. The number of hydrogen-bond acceptors (Lipinski definition) is 3. The first-order valence-electron chi connectivity index (χ1n) is 6.22. The van der Waals surface area contributed by atoms with E-state index in [0.717, 1.165) is 0 Å². The zero-order valence-electron chi connectivity index (χ0n) is 11.3. The molecule has 1 aromatic rings. The predicted octanol–water partition coefficient (Wildman–Crippen LogP) is 2.84. The van der Waals surface area contributed by atoms with Gasteiger partial charge in [0.05, 0.1) is 15.8 Å². The highest BCUT2D eigenvalue weighted by molar-refractivity contribution is 9.10. The topological polar surface area (TPSA) is 32.5 Å². The maximum atomic E-state index is 13.8. The molecule has 1 fully saturated rings. The second-order valence-corrected chi connectivity index (χ2v) is 5.98. The molecule has 1 heterocycles. The summed E-state index contributed by atoms with van der Waals surface area (Å²) in [7, 11) is 2.05. The van der Waals surface area contributed by atoms with Crippen LogP contribution in [0.15, 0.2) is 10.5 Å². The summed E-state index contributed by atoms with van der Waals surface area (Å²) in [6.07, 6.45) is 0. The zero-order chi connectivity index (χ0) is 14.3. The number of rotatable bonds is 1. The highest BCUT2D eigenvalue weighted by Gasteiger charge is 2.29. The van der Waals surface area contributed by atoms with Crippen molar-refractivity contribution in [2.75, 3.05) is 30.8 Å². The third kappa shape index (κ3) is 2.56. The second-order valence-electron chi connectivity index (χ2n) is 5.19. The molecule has 0 amide bonds. The summed E-state index contributed by atoms with van der Waals surface area (Å²) >= 11 is 2.86. The minimum atomic E-state index is -0.728. The van der Waals surface area contributed by atoms with Crippen molar-refractivity contribution in [3.05, 3.63) is 22.2 Å². The van der Waals surface area contributed by atoms with E-state index in [9.17, 15) is 8.78 Å². The minimum absolute atomic E-state index is 0.00257. The Balaban J connectivity index is 2.38. The average Bonchev–Trinajstić information content (AvgIpc) is 2.37. The molecule has 2 unspecified atom stereocenters. The molecule has 0 saturated carbocycles. The standard InChI is InChI=1S/C13H18BrF2N3/c1-7-5-19(6-8(2)18(7)3)10-4-9(15)11(14)12(16)13(10)17/h4,7-8H,5-6,17H2,1-3H3. The van der Waals surface area contributed by atoms with Gasteiger partial charge >= 0.3 is 0 Å². The first kappa shape index (κ1) is 14.5. The van der Waals surface area contributed by atoms with E-state index in [2.05, 4.69) is 41.7 Å². The monoisotopic (exact) mass is 333 g/mol. The van der Waals surface area contributed by atoms with Crippen molar-refractivity contribution in [3.63, 3.8) is 0 Å². The van der Waals surface area contributed by atoms with Gasteiger partial charge in [0.25, 0.3) is 0 Å². The molecule has 106 valence electrons. The Morgan fingerprint density at radius 3 is 2.32 bits per heavy atom. The van der Waals surface area contributed by atoms with Crippen molar-refractivity contribution in [1.29, 1.82) is 0 Å². The third-order valence-electron chi connectivity index (χ3n) is 3.88. The van der Waals surface area contributed by atoms with Crippen LogP contribution in [-0.2, 0) is 0 Å². The maximum Gasteiger partial charge on any atom is 0.165 e. The fourth-order valence-electron chi connectivity index (χ4n) is 2.46. The predicted molar refractivity (Wildman–Crippen MR) is 77.4 cm³/mol. The lowest BCUT2D eigenvalue weighted by Crippen LogP contribution is -2.55. The first-order chi connectivity index (χ1) is 8.82. The zero-order valence-corrected chi connectivity index (χ0v) is 12.8. The normalized spacial score (nSPS) is 24.8. The van der Waals surface area contributed by atoms with Crippen molar-refractivity contribution >= 4 is 27.3 Å². The number of benzene rings is 1. The molecule has 2 atom stereocenters. The smallest absolute Gasteiger partial charge is 0.165 e. The highest BCUT2D eigenvalue weighted by Crippen LogP contribution is 2.34. The summed E-state index contributed by atoms with van der Waals surface area (Å²) in [6, 6.07) is 1.91. The lowest BCUT2D eigenvalue weighted by Gasteiger charge is -2.43. The van der Waals surface area contributed by atoms with Crippen molar-refractivity contribution in [3.8, 4) is 0 Å². The van der Waals surface area contributed by atoms with Gasteiger partial charge in [-0.1, -0.05) is 0 Å². The fraction of sp³-hybridized carbons (Fsp3) is 0.538. The third-order valence-corrected chi connectivity index (χ3v) is 4.61. The van der Waals surface area contributed by atoms with E-state index in [1.807, 2.05) is 4.90 Å². The molecule has 1 saturated heterocycles. The van der Waals surface area contributed by atoms with E-state index in [1.54, 1.807) is 0 Å². The molecular formula is C13H18BrF2N3. The van der Waals surface area contributed by atoms with Gasteiger partial charge in [-0.05, 0) is 36.8 Å². The summed E-state index contributed by atoms with van der Waals surface area (Å²) in [6.45, 7) is 5.58. The van der Waals surface area contributed by atoms with E-state index in [4.69, 9.17) is 5.73 Å². The number of halogens is 3. The number of nitrogens with zero attached hydrogens (tertiary/aromatic N) is 2. The van der Waals surface area contributed by atoms with Crippen LogP contribution >= 0.6 is 15.9 Å². The molecule has 6 heteroatoms. The number of nitrogens with two attached hydrogens (primary N) is 1. The van der Waals surface area contributed by atoms with Crippen LogP contribution in [0.3, 0.4) is 0 Å². The Labute approximate surface area is 120 Å². The van der Waals surface area contributed by atoms with E-state index in [-0.39, 0.29) is 10.2 Å². The van der Waals surface area contributed by atoms with Crippen LogP contribution < -0.4 is 10.6 Å². The average molecular weight is 334 g/mol. The largest absolute Gasteiger partial charge is 0.395 e. The van der Waals surface area contributed by atoms with Gasteiger partial charge in [0.15, 0.2) is 5.82 Å². The minimum Gasteiger partial charge on any atom is -0.395 e. The number of piperazine rings is 1. The molecule has 1 aromatic carbocycles. The Hall–Kier alpha value is -0.880. The summed E-state index contributed by atoms with van der Waals surface area (Å²) < 4.78 is 27.3. The van der Waals surface area contributed by atoms with Gasteiger partial charge in [-0.3, -0.25) is 4.90 Å². The van der Waals surface area contributed by atoms with E-state index >= 15 is 0 Å². The highest BCUT2D eigenvalue weighted by atomic mass is 79.9. The van der Waals surface area contributed by atoms with Gasteiger partial charge in [0, 0.05) is 31.2 Å². The Morgan fingerprint density at radius 2 is 1.79 bits per heavy atom. The molecule has 2 rings (SSSR count). The second kappa shape index (κ2) is 5.25. The van der Waals surface area contributed by atoms with Gasteiger partial charge in [-0.15, -0.1) is 0 Å². The maximum absolute atomic E-state index is 13.8. The Morgan fingerprint density at radius 1 is 1.26 bits per heavy atom. The number of nitrogen functional groups attached to an aromatic ring is 1. The number of hydrogen-bond donors (Lipinski definition) is 1. The van der Waals surface area contributed by atoms with Crippen LogP contribution in [0.2, 0.25) is 0 Å². The lowest BCUT2D eigenvalue weighted by molar-refractivity contribution is 0.170. The quantitative estimate of drug-likeness (QED) is 0.633. The number of likely N-dealkylation sites (N-methyl/N-ethyl adjacent to an activating group) is 1. The van der Waals surface area contributed by atoms with Gasteiger partial charge in [-0.2, -0.15) is 0 Å². The Bertz CT molecular complexity index is 483. The van der Waals surface area contributed by atoms with Crippen LogP contribution in [0.5, 0.6) is 0 Å². The van der Waals surface area contributed by atoms with Gasteiger partial charge < -0.3 is 10.6 Å². The van der Waals surface area contributed by atoms with Crippen molar-refractivity contribution in [1.82, 2.24) is 4.90 Å². The van der Waals surface area contributed by atoms with Crippen molar-refractivity contribution in [2.45, 2.75) is 25.9 Å². The summed E-state index contributed by atoms with van der Waals surface area (Å²) in [4.78, 5) is 4.20. The van der Waals surface area contributed by atoms with Gasteiger partial charge in [-0.25, -0.2) is 8.78 Å². The molecule has 3 nitrogen and oxygen atoms in total. The molecular weight excluding hydrogens is 316 g/mol. The molecule has 1 aliphatic heterocycles. The van der Waals surface area contributed by atoms with E-state index in [0.29, 0.717) is 30.9 Å². The number of anilines is 2. The first-order valence-corrected chi connectivity index (χ1v) is 7.02. The summed E-state index contributed by atoms with van der Waals surface area (Å²) in [5, 5.41) is 0. The molecule has 0 spiro atoms. The van der Waals surface area contributed by atoms with Crippen molar-refractivity contribution in [2.24, 2.45) is 0 Å². The molecule has 19 heavy (non-hydrogen) atoms. The van der Waals surface area contributed by atoms with E-state index < -0.39 is 11.6 Å². The molecule has 0 aliphatic carbocycles. The molecule has 0 radical (unpaired) electrons. The molecule has 0 bridgehead atoms. The van der Waals surface area contributed by atoms with Crippen LogP contribution in [0, 0.1) is 11.6 Å². The molecule has 0 aromatic heterocycles.